The second-order valence-corrected chi connectivity index (χ2v) is 1.46. The van der Waals surface area contributed by atoms with Crippen molar-refractivity contribution in [1.82, 2.24) is 10.2 Å². The zero-order valence-corrected chi connectivity index (χ0v) is 4.68. The van der Waals surface area contributed by atoms with Gasteiger partial charge in [-0.15, -0.1) is 10.2 Å². The lowest BCUT2D eigenvalue weighted by Crippen LogP contribution is -1.88. The van der Waals surface area contributed by atoms with Crippen molar-refractivity contribution >= 4 is 5.82 Å². The molecule has 50 valence electrons. The molecule has 0 atom stereocenters. The normalized spacial score (nSPS) is 8.70. The fraction of sp³-hybridized carbons (Fsp3) is 0. The monoisotopic (exact) mass is 137 g/mol. The smallest absolute Gasteiger partial charge is 0.183 e. The number of nitriles is 1. The van der Waals surface area contributed by atoms with E-state index in [-0.39, 0.29) is 5.69 Å². The van der Waals surface area contributed by atoms with Gasteiger partial charge in [-0.2, -0.15) is 10.2 Å². The van der Waals surface area contributed by atoms with Crippen LogP contribution in [0.5, 0.6) is 0 Å². The van der Waals surface area contributed by atoms with Crippen molar-refractivity contribution in [3.05, 3.63) is 21.9 Å². The Bertz CT molecular complexity index is 296. The molecule has 0 unspecified atom stereocenters. The highest BCUT2D eigenvalue weighted by Crippen LogP contribution is 2.04. The minimum atomic E-state index is -0.701. The first-order valence-corrected chi connectivity index (χ1v) is 2.29. The Morgan fingerprint density at radius 1 is 1.90 bits per heavy atom. The van der Waals surface area contributed by atoms with Crippen LogP contribution in [0.2, 0.25) is 0 Å². The molecule has 0 aliphatic rings. The summed E-state index contributed by atoms with van der Waals surface area (Å²) in [6, 6.07) is 2.64. The fourth-order valence-electron chi connectivity index (χ4n) is 0.429. The van der Waals surface area contributed by atoms with Gasteiger partial charge in [0.2, 0.25) is 0 Å². The summed E-state index contributed by atoms with van der Waals surface area (Å²) in [4.78, 5) is 9.22. The molecule has 0 radical (unpaired) electrons. The summed E-state index contributed by atoms with van der Waals surface area (Å²) in [5.41, 5.74) is -0.0355. The van der Waals surface area contributed by atoms with Gasteiger partial charge in [-0.25, -0.2) is 0 Å². The highest BCUT2D eigenvalue weighted by Gasteiger charge is 1.99. The van der Waals surface area contributed by atoms with Crippen LogP contribution in [0.15, 0.2) is 6.07 Å². The molecule has 0 aromatic carbocycles. The summed E-state index contributed by atoms with van der Waals surface area (Å²) in [6.45, 7) is 0. The molecule has 0 fully saturated rings. The van der Waals surface area contributed by atoms with Crippen LogP contribution in [0.4, 0.5) is 5.82 Å². The molecule has 0 N–H and O–H groups in total. The highest BCUT2D eigenvalue weighted by molar-refractivity contribution is 5.28. The van der Waals surface area contributed by atoms with Crippen molar-refractivity contribution in [1.29, 1.82) is 5.26 Å². The average Bonchev–Trinajstić information content (AvgIpc) is 2.34. The largest absolute Gasteiger partial charge is 0.459 e. The molecule has 0 amide bonds. The molecule has 1 aromatic rings. The Hall–Kier alpha value is -1.90. The standard InChI is InChI=1S/C4HN4O2/c5-2-3-1-4(7-6-3)8(9)10/h1H/q-1. The zero-order chi connectivity index (χ0) is 7.56. The van der Waals surface area contributed by atoms with Crippen molar-refractivity contribution in [3.63, 3.8) is 0 Å². The first-order chi connectivity index (χ1) is 4.74. The van der Waals surface area contributed by atoms with Crippen molar-refractivity contribution < 1.29 is 4.92 Å². The lowest BCUT2D eigenvalue weighted by atomic mass is 10.5. The Morgan fingerprint density at radius 2 is 2.60 bits per heavy atom. The lowest BCUT2D eigenvalue weighted by molar-refractivity contribution is -0.390. The fourth-order valence-corrected chi connectivity index (χ4v) is 0.429. The van der Waals surface area contributed by atoms with Crippen LogP contribution in [0.3, 0.4) is 0 Å². The quantitative estimate of drug-likeness (QED) is 0.395. The molecule has 1 aromatic heterocycles. The molecule has 6 nitrogen and oxygen atoms in total. The topological polar surface area (TPSA) is 93.9 Å². The van der Waals surface area contributed by atoms with Gasteiger partial charge in [0.1, 0.15) is 6.07 Å². The summed E-state index contributed by atoms with van der Waals surface area (Å²) < 4.78 is 0. The van der Waals surface area contributed by atoms with Crippen molar-refractivity contribution in [3.8, 4) is 6.07 Å². The van der Waals surface area contributed by atoms with Gasteiger partial charge in [-0.1, -0.05) is 0 Å². The Balaban J connectivity index is 3.02. The molecule has 0 aliphatic carbocycles. The predicted octanol–water partition coefficient (Wildman–Crippen LogP) is -0.181. The third kappa shape index (κ3) is 0.925. The van der Waals surface area contributed by atoms with Crippen molar-refractivity contribution in [2.75, 3.05) is 0 Å². The van der Waals surface area contributed by atoms with Crippen LogP contribution in [0.25, 0.3) is 0 Å². The van der Waals surface area contributed by atoms with E-state index in [0.717, 1.165) is 6.07 Å². The summed E-state index contributed by atoms with van der Waals surface area (Å²) >= 11 is 0. The van der Waals surface area contributed by atoms with Gasteiger partial charge in [0.25, 0.3) is 0 Å². The van der Waals surface area contributed by atoms with E-state index in [0.29, 0.717) is 0 Å². The van der Waals surface area contributed by atoms with Gasteiger partial charge in [0.15, 0.2) is 11.5 Å². The van der Waals surface area contributed by atoms with Crippen LogP contribution in [0.1, 0.15) is 5.69 Å². The van der Waals surface area contributed by atoms with E-state index in [1.807, 2.05) is 0 Å². The van der Waals surface area contributed by atoms with Gasteiger partial charge in [-0.05, 0) is 0 Å². The highest BCUT2D eigenvalue weighted by atomic mass is 16.6. The van der Waals surface area contributed by atoms with Gasteiger partial charge in [0.05, 0.1) is 0 Å². The Labute approximate surface area is 55.2 Å². The number of nitrogens with zero attached hydrogens (tertiary/aromatic N) is 4. The summed E-state index contributed by atoms with van der Waals surface area (Å²) in [5, 5.41) is 24.4. The van der Waals surface area contributed by atoms with E-state index in [1.54, 1.807) is 6.07 Å². The van der Waals surface area contributed by atoms with Gasteiger partial charge >= 0.3 is 0 Å². The molecule has 1 rings (SSSR count). The number of hydrogen-bond donors (Lipinski definition) is 0. The molecule has 0 saturated carbocycles. The second-order valence-electron chi connectivity index (χ2n) is 1.46. The minimum Gasteiger partial charge on any atom is -0.459 e. The van der Waals surface area contributed by atoms with E-state index in [2.05, 4.69) is 10.2 Å². The molecule has 0 saturated heterocycles. The Morgan fingerprint density at radius 3 is 2.90 bits per heavy atom. The molecule has 6 heteroatoms. The van der Waals surface area contributed by atoms with E-state index >= 15 is 0 Å². The predicted molar refractivity (Wildman–Crippen MR) is 28.9 cm³/mol. The SMILES string of the molecule is N#Cc1cc([N+](=O)[O-])[n-]n1. The van der Waals surface area contributed by atoms with Crippen molar-refractivity contribution in [2.45, 2.75) is 0 Å². The van der Waals surface area contributed by atoms with Gasteiger partial charge in [-0.3, -0.25) is 0 Å². The maximum Gasteiger partial charge on any atom is 0.183 e. The number of aromatic nitrogens is 2. The average molecular weight is 137 g/mol. The van der Waals surface area contributed by atoms with Gasteiger partial charge in [0, 0.05) is 6.07 Å². The van der Waals surface area contributed by atoms with Crippen LogP contribution in [0, 0.1) is 21.4 Å². The van der Waals surface area contributed by atoms with Crippen molar-refractivity contribution in [2.24, 2.45) is 0 Å². The molecule has 1 heterocycles. The van der Waals surface area contributed by atoms with E-state index in [4.69, 9.17) is 5.26 Å². The summed E-state index contributed by atoms with van der Waals surface area (Å²) in [6.07, 6.45) is 0. The second kappa shape index (κ2) is 2.14. The molecule has 0 aliphatic heterocycles. The minimum absolute atomic E-state index is 0.0355. The van der Waals surface area contributed by atoms with E-state index < -0.39 is 10.7 Å². The molecule has 0 spiro atoms. The summed E-state index contributed by atoms with van der Waals surface area (Å²) in [7, 11) is 0. The molecular formula is C4HN4O2-. The molecular weight excluding hydrogens is 136 g/mol. The summed E-state index contributed by atoms with van der Waals surface area (Å²) in [5.74, 6) is -0.392. The van der Waals surface area contributed by atoms with Crippen LogP contribution >= 0.6 is 0 Å². The maximum absolute atomic E-state index is 9.92. The first kappa shape index (κ1) is 6.22. The van der Waals surface area contributed by atoms with Crippen LogP contribution in [-0.4, -0.2) is 10.0 Å². The third-order valence-corrected chi connectivity index (χ3v) is 0.828. The van der Waals surface area contributed by atoms with Crippen LogP contribution < -0.4 is 5.10 Å². The van der Waals surface area contributed by atoms with E-state index in [1.165, 1.54) is 0 Å². The zero-order valence-electron chi connectivity index (χ0n) is 4.68. The lowest BCUT2D eigenvalue weighted by Gasteiger charge is -1.95. The first-order valence-electron chi connectivity index (χ1n) is 2.29. The van der Waals surface area contributed by atoms with Crippen LogP contribution in [-0.2, 0) is 0 Å². The third-order valence-electron chi connectivity index (χ3n) is 0.828. The molecule has 0 bridgehead atoms. The number of hydrogen-bond acceptors (Lipinski definition) is 4. The Kier molecular flexibility index (Phi) is 1.33. The van der Waals surface area contributed by atoms with E-state index in [9.17, 15) is 10.1 Å². The molecule has 10 heavy (non-hydrogen) atoms. The number of rotatable bonds is 1. The number of nitro groups is 1. The van der Waals surface area contributed by atoms with Gasteiger partial charge < -0.3 is 10.1 Å². The maximum atomic E-state index is 9.92.